The molecule has 0 spiro atoms. The van der Waals surface area contributed by atoms with Crippen molar-refractivity contribution >= 4 is 27.3 Å². The number of fused-ring (bicyclic) bond motifs is 1. The minimum atomic E-state index is -0.681. The van der Waals surface area contributed by atoms with Crippen molar-refractivity contribution in [2.75, 3.05) is 13.2 Å². The lowest BCUT2D eigenvalue weighted by molar-refractivity contribution is 0.0883. The molecule has 1 amide bonds. The highest BCUT2D eigenvalue weighted by Gasteiger charge is 2.14. The number of thiophene rings is 1. The van der Waals surface area contributed by atoms with Crippen LogP contribution in [0.1, 0.15) is 9.67 Å². The van der Waals surface area contributed by atoms with Crippen LogP contribution in [0.15, 0.2) is 24.3 Å². The van der Waals surface area contributed by atoms with Crippen molar-refractivity contribution in [2.24, 2.45) is 0 Å². The third-order valence-corrected chi connectivity index (χ3v) is 3.58. The smallest absolute Gasteiger partial charge is 0.261 e. The van der Waals surface area contributed by atoms with E-state index in [4.69, 9.17) is 10.2 Å². The molecule has 18 heavy (non-hydrogen) atoms. The summed E-state index contributed by atoms with van der Waals surface area (Å²) in [6, 6.07) is 5.28. The lowest BCUT2D eigenvalue weighted by Gasteiger charge is -2.11. The molecule has 6 heteroatoms. The van der Waals surface area contributed by atoms with E-state index in [0.29, 0.717) is 9.58 Å². The van der Waals surface area contributed by atoms with Gasteiger partial charge in [0, 0.05) is 4.70 Å². The molecule has 0 saturated carbocycles. The van der Waals surface area contributed by atoms with Gasteiger partial charge in [-0.2, -0.15) is 0 Å². The molecule has 0 aliphatic heterocycles. The highest BCUT2D eigenvalue weighted by Crippen LogP contribution is 2.26. The summed E-state index contributed by atoms with van der Waals surface area (Å²) in [4.78, 5) is 12.2. The zero-order chi connectivity index (χ0) is 13.1. The Kier molecular flexibility index (Phi) is 3.90. The van der Waals surface area contributed by atoms with Gasteiger partial charge in [-0.15, -0.1) is 11.3 Å². The van der Waals surface area contributed by atoms with Crippen molar-refractivity contribution in [1.82, 2.24) is 5.32 Å². The Hall–Kier alpha value is -1.50. The molecule has 0 radical (unpaired) electrons. The third-order valence-electron chi connectivity index (χ3n) is 2.48. The van der Waals surface area contributed by atoms with Crippen LogP contribution in [-0.4, -0.2) is 35.4 Å². The quantitative estimate of drug-likeness (QED) is 0.779. The predicted molar refractivity (Wildman–Crippen MR) is 67.2 cm³/mol. The summed E-state index contributed by atoms with van der Waals surface area (Å²) in [5.74, 6) is -0.732. The first-order valence-corrected chi connectivity index (χ1v) is 6.17. The number of halogens is 1. The standard InChI is InChI=1S/C12H12FNO3S/c13-8-2-1-7-3-11(18-10(7)4-8)12(17)14-9(5-15)6-16/h1-4,9,15-16H,5-6H2,(H,14,17). The maximum absolute atomic E-state index is 13.0. The van der Waals surface area contributed by atoms with Crippen molar-refractivity contribution in [3.05, 3.63) is 35.0 Å². The number of benzene rings is 1. The number of rotatable bonds is 4. The summed E-state index contributed by atoms with van der Waals surface area (Å²) in [7, 11) is 0. The average molecular weight is 269 g/mol. The van der Waals surface area contributed by atoms with Gasteiger partial charge in [0.2, 0.25) is 0 Å². The molecule has 1 aromatic heterocycles. The zero-order valence-corrected chi connectivity index (χ0v) is 10.2. The Bertz CT molecular complexity index is 565. The number of aliphatic hydroxyl groups is 2. The third kappa shape index (κ3) is 2.66. The zero-order valence-electron chi connectivity index (χ0n) is 9.39. The van der Waals surface area contributed by atoms with Crippen LogP contribution in [0, 0.1) is 5.82 Å². The van der Waals surface area contributed by atoms with E-state index in [0.717, 1.165) is 5.39 Å². The van der Waals surface area contributed by atoms with Gasteiger partial charge < -0.3 is 15.5 Å². The summed E-state index contributed by atoms with van der Waals surface area (Å²) in [6.07, 6.45) is 0. The van der Waals surface area contributed by atoms with Crippen LogP contribution < -0.4 is 5.32 Å². The maximum Gasteiger partial charge on any atom is 0.261 e. The van der Waals surface area contributed by atoms with Crippen LogP contribution >= 0.6 is 11.3 Å². The molecule has 96 valence electrons. The number of hydrogen-bond donors (Lipinski definition) is 3. The van der Waals surface area contributed by atoms with Gasteiger partial charge in [-0.25, -0.2) is 4.39 Å². The van der Waals surface area contributed by atoms with E-state index < -0.39 is 6.04 Å². The van der Waals surface area contributed by atoms with E-state index in [-0.39, 0.29) is 24.9 Å². The molecule has 0 aliphatic rings. The van der Waals surface area contributed by atoms with Crippen LogP contribution in [0.2, 0.25) is 0 Å². The summed E-state index contributed by atoms with van der Waals surface area (Å²) in [5, 5.41) is 21.0. The van der Waals surface area contributed by atoms with Crippen molar-refractivity contribution in [1.29, 1.82) is 0 Å². The van der Waals surface area contributed by atoms with Crippen molar-refractivity contribution < 1.29 is 19.4 Å². The number of hydrogen-bond acceptors (Lipinski definition) is 4. The van der Waals surface area contributed by atoms with E-state index in [1.165, 1.54) is 23.5 Å². The number of nitrogens with one attached hydrogen (secondary N) is 1. The van der Waals surface area contributed by atoms with Gasteiger partial charge in [-0.05, 0) is 23.6 Å². The molecule has 0 saturated heterocycles. The van der Waals surface area contributed by atoms with Crippen LogP contribution in [0.25, 0.3) is 10.1 Å². The lowest BCUT2D eigenvalue weighted by Crippen LogP contribution is -2.39. The molecule has 1 heterocycles. The molecule has 3 N–H and O–H groups in total. The van der Waals surface area contributed by atoms with E-state index in [9.17, 15) is 9.18 Å². The molecule has 0 atom stereocenters. The van der Waals surface area contributed by atoms with Gasteiger partial charge in [0.05, 0.1) is 24.1 Å². The van der Waals surface area contributed by atoms with Gasteiger partial charge in [0.15, 0.2) is 0 Å². The first-order valence-electron chi connectivity index (χ1n) is 5.35. The highest BCUT2D eigenvalue weighted by molar-refractivity contribution is 7.20. The second kappa shape index (κ2) is 5.43. The molecule has 4 nitrogen and oxygen atoms in total. The van der Waals surface area contributed by atoms with Crippen LogP contribution in [0.5, 0.6) is 0 Å². The molecule has 0 aliphatic carbocycles. The SMILES string of the molecule is O=C(NC(CO)CO)c1cc2ccc(F)cc2s1. The largest absolute Gasteiger partial charge is 0.394 e. The fourth-order valence-corrected chi connectivity index (χ4v) is 2.51. The van der Waals surface area contributed by atoms with Gasteiger partial charge in [-0.1, -0.05) is 6.07 Å². The van der Waals surface area contributed by atoms with E-state index in [1.807, 2.05) is 0 Å². The maximum atomic E-state index is 13.0. The summed E-state index contributed by atoms with van der Waals surface area (Å²) < 4.78 is 13.7. The van der Waals surface area contributed by atoms with E-state index >= 15 is 0 Å². The first kappa shape index (κ1) is 12.9. The van der Waals surface area contributed by atoms with Crippen molar-refractivity contribution in [2.45, 2.75) is 6.04 Å². The molecule has 0 bridgehead atoms. The molecular formula is C12H12FNO3S. The second-order valence-corrected chi connectivity index (χ2v) is 4.91. The Morgan fingerprint density at radius 2 is 2.06 bits per heavy atom. The fourth-order valence-electron chi connectivity index (χ4n) is 1.52. The average Bonchev–Trinajstić information content (AvgIpc) is 2.78. The number of carbonyl (C=O) groups is 1. The Balaban J connectivity index is 2.23. The minimum absolute atomic E-state index is 0.332. The number of aliphatic hydroxyl groups excluding tert-OH is 2. The monoisotopic (exact) mass is 269 g/mol. The molecule has 2 rings (SSSR count). The molecule has 0 fully saturated rings. The summed E-state index contributed by atoms with van der Waals surface area (Å²) in [5.41, 5.74) is 0. The van der Waals surface area contributed by atoms with Gasteiger partial charge in [0.25, 0.3) is 5.91 Å². The van der Waals surface area contributed by atoms with Gasteiger partial charge in [0.1, 0.15) is 5.82 Å². The molecule has 1 aromatic carbocycles. The second-order valence-electron chi connectivity index (χ2n) is 3.83. The van der Waals surface area contributed by atoms with Crippen LogP contribution in [0.3, 0.4) is 0 Å². The lowest BCUT2D eigenvalue weighted by atomic mass is 10.2. The molecule has 2 aromatic rings. The van der Waals surface area contributed by atoms with Crippen LogP contribution in [-0.2, 0) is 0 Å². The molecular weight excluding hydrogens is 257 g/mol. The van der Waals surface area contributed by atoms with Gasteiger partial charge >= 0.3 is 0 Å². The normalized spacial score (nSPS) is 11.1. The van der Waals surface area contributed by atoms with Crippen molar-refractivity contribution in [3.8, 4) is 0 Å². The Morgan fingerprint density at radius 3 is 2.72 bits per heavy atom. The Labute approximate surface area is 107 Å². The topological polar surface area (TPSA) is 69.6 Å². The van der Waals surface area contributed by atoms with Crippen LogP contribution in [0.4, 0.5) is 4.39 Å². The van der Waals surface area contributed by atoms with Crippen molar-refractivity contribution in [3.63, 3.8) is 0 Å². The number of carbonyl (C=O) groups excluding carboxylic acids is 1. The number of amides is 1. The summed E-state index contributed by atoms with van der Waals surface area (Å²) >= 11 is 1.17. The van der Waals surface area contributed by atoms with E-state index in [2.05, 4.69) is 5.32 Å². The fraction of sp³-hybridized carbons (Fsp3) is 0.250. The highest BCUT2D eigenvalue weighted by atomic mass is 32.1. The molecule has 0 unspecified atom stereocenters. The van der Waals surface area contributed by atoms with Gasteiger partial charge in [-0.3, -0.25) is 4.79 Å². The Morgan fingerprint density at radius 1 is 1.33 bits per heavy atom. The van der Waals surface area contributed by atoms with E-state index in [1.54, 1.807) is 12.1 Å². The summed E-state index contributed by atoms with van der Waals surface area (Å²) in [6.45, 7) is -0.663. The minimum Gasteiger partial charge on any atom is -0.394 e. The first-order chi connectivity index (χ1) is 8.63. The predicted octanol–water partition coefficient (Wildman–Crippen LogP) is 1.12.